The maximum absolute atomic E-state index is 10.2. The fraction of sp³-hybridized carbons (Fsp3) is 1.00. The summed E-state index contributed by atoms with van der Waals surface area (Å²) in [5.74, 6) is 1.77. The van der Waals surface area contributed by atoms with Gasteiger partial charge < -0.3 is 5.11 Å². The first-order valence-electron chi connectivity index (χ1n) is 7.66. The van der Waals surface area contributed by atoms with Gasteiger partial charge in [0.25, 0.3) is 0 Å². The molecule has 2 heteroatoms. The van der Waals surface area contributed by atoms with Crippen molar-refractivity contribution in [3.05, 3.63) is 0 Å². The van der Waals surface area contributed by atoms with Crippen LogP contribution < -0.4 is 0 Å². The van der Waals surface area contributed by atoms with Crippen LogP contribution in [0, 0.1) is 11.8 Å². The van der Waals surface area contributed by atoms with Gasteiger partial charge in [-0.2, -0.15) is 0 Å². The van der Waals surface area contributed by atoms with Crippen molar-refractivity contribution in [2.24, 2.45) is 11.8 Å². The monoisotopic (exact) mass is 239 g/mol. The van der Waals surface area contributed by atoms with Gasteiger partial charge in [0.1, 0.15) is 0 Å². The number of nitrogens with zero attached hydrogens (tertiary/aromatic N) is 1. The Hall–Kier alpha value is -0.0800. The molecule has 0 radical (unpaired) electrons. The van der Waals surface area contributed by atoms with Crippen LogP contribution in [0.15, 0.2) is 0 Å². The molecule has 0 aromatic carbocycles. The number of hydrogen-bond acceptors (Lipinski definition) is 2. The minimum Gasteiger partial charge on any atom is -0.391 e. The number of aliphatic hydroxyl groups is 1. The first-order chi connectivity index (χ1) is 8.24. The molecule has 2 aliphatic rings. The zero-order chi connectivity index (χ0) is 12.3. The standard InChI is InChI=1S/C15H29NO/c1-3-12-8-9-15(17)14(10-12)16(4-2)11-13-6-5-7-13/h12-15,17H,3-11H2,1-2H3. The van der Waals surface area contributed by atoms with Crippen LogP contribution in [0.5, 0.6) is 0 Å². The highest BCUT2D eigenvalue weighted by molar-refractivity contribution is 4.88. The van der Waals surface area contributed by atoms with Gasteiger partial charge in [0.2, 0.25) is 0 Å². The van der Waals surface area contributed by atoms with E-state index in [2.05, 4.69) is 18.7 Å². The second-order valence-corrected chi connectivity index (χ2v) is 6.11. The second kappa shape index (κ2) is 6.19. The highest BCUT2D eigenvalue weighted by Crippen LogP contribution is 2.33. The van der Waals surface area contributed by atoms with E-state index in [1.165, 1.54) is 45.1 Å². The smallest absolute Gasteiger partial charge is 0.0695 e. The molecule has 0 amide bonds. The molecule has 17 heavy (non-hydrogen) atoms. The molecule has 2 aliphatic carbocycles. The largest absolute Gasteiger partial charge is 0.391 e. The predicted octanol–water partition coefficient (Wildman–Crippen LogP) is 3.05. The van der Waals surface area contributed by atoms with Gasteiger partial charge in [-0.05, 0) is 50.5 Å². The Morgan fingerprint density at radius 2 is 1.82 bits per heavy atom. The molecule has 2 fully saturated rings. The molecule has 0 aromatic heterocycles. The summed E-state index contributed by atoms with van der Waals surface area (Å²) in [5.41, 5.74) is 0. The van der Waals surface area contributed by atoms with Crippen molar-refractivity contribution in [3.8, 4) is 0 Å². The maximum atomic E-state index is 10.2. The Morgan fingerprint density at radius 1 is 1.06 bits per heavy atom. The Morgan fingerprint density at radius 3 is 2.35 bits per heavy atom. The van der Waals surface area contributed by atoms with E-state index in [0.29, 0.717) is 6.04 Å². The SMILES string of the molecule is CCC1CCC(O)C(N(CC)CC2CCC2)C1. The van der Waals surface area contributed by atoms with Gasteiger partial charge in [0.15, 0.2) is 0 Å². The minimum absolute atomic E-state index is 0.0715. The van der Waals surface area contributed by atoms with Gasteiger partial charge in [0.05, 0.1) is 6.10 Å². The molecule has 0 saturated heterocycles. The first-order valence-corrected chi connectivity index (χ1v) is 7.66. The van der Waals surface area contributed by atoms with Gasteiger partial charge in [-0.15, -0.1) is 0 Å². The van der Waals surface area contributed by atoms with Gasteiger partial charge in [-0.25, -0.2) is 0 Å². The van der Waals surface area contributed by atoms with Crippen LogP contribution in [0.3, 0.4) is 0 Å². The Balaban J connectivity index is 1.90. The average Bonchev–Trinajstić information content (AvgIpc) is 2.29. The molecule has 2 nitrogen and oxygen atoms in total. The summed E-state index contributed by atoms with van der Waals surface area (Å²) in [4.78, 5) is 2.57. The summed E-state index contributed by atoms with van der Waals surface area (Å²) in [6, 6.07) is 0.444. The predicted molar refractivity (Wildman–Crippen MR) is 72.0 cm³/mol. The minimum atomic E-state index is -0.0715. The van der Waals surface area contributed by atoms with E-state index in [4.69, 9.17) is 0 Å². The lowest BCUT2D eigenvalue weighted by atomic mass is 9.80. The zero-order valence-electron chi connectivity index (χ0n) is 11.6. The molecule has 0 aromatic rings. The fourth-order valence-corrected chi connectivity index (χ4v) is 3.48. The van der Waals surface area contributed by atoms with Crippen LogP contribution >= 0.6 is 0 Å². The summed E-state index contributed by atoms with van der Waals surface area (Å²) in [7, 11) is 0. The molecule has 0 aliphatic heterocycles. The molecule has 2 saturated carbocycles. The third kappa shape index (κ3) is 3.23. The maximum Gasteiger partial charge on any atom is 0.0695 e. The molecule has 0 heterocycles. The Kier molecular flexibility index (Phi) is 4.87. The zero-order valence-corrected chi connectivity index (χ0v) is 11.6. The van der Waals surface area contributed by atoms with E-state index in [1.807, 2.05) is 0 Å². The Bertz CT molecular complexity index is 227. The van der Waals surface area contributed by atoms with Crippen molar-refractivity contribution >= 4 is 0 Å². The van der Waals surface area contributed by atoms with Crippen molar-refractivity contribution in [2.45, 2.75) is 70.9 Å². The highest BCUT2D eigenvalue weighted by Gasteiger charge is 2.33. The molecule has 0 bridgehead atoms. The summed E-state index contributed by atoms with van der Waals surface area (Å²) in [5, 5.41) is 10.2. The first kappa shape index (κ1) is 13.4. The number of hydrogen-bond donors (Lipinski definition) is 1. The molecule has 0 spiro atoms. The second-order valence-electron chi connectivity index (χ2n) is 6.11. The van der Waals surface area contributed by atoms with Crippen molar-refractivity contribution < 1.29 is 5.11 Å². The third-order valence-electron chi connectivity index (χ3n) is 5.06. The van der Waals surface area contributed by atoms with E-state index in [1.54, 1.807) is 0 Å². The van der Waals surface area contributed by atoms with Gasteiger partial charge in [0, 0.05) is 12.6 Å². The number of rotatable bonds is 5. The van der Waals surface area contributed by atoms with Gasteiger partial charge in [-0.3, -0.25) is 4.90 Å². The van der Waals surface area contributed by atoms with Crippen molar-refractivity contribution in [2.75, 3.05) is 13.1 Å². The van der Waals surface area contributed by atoms with E-state index in [-0.39, 0.29) is 6.10 Å². The lowest BCUT2D eigenvalue weighted by Crippen LogP contribution is -2.49. The van der Waals surface area contributed by atoms with Crippen LogP contribution in [-0.4, -0.2) is 35.2 Å². The van der Waals surface area contributed by atoms with E-state index < -0.39 is 0 Å². The summed E-state index contributed by atoms with van der Waals surface area (Å²) in [6.45, 7) is 6.88. The molecule has 3 atom stereocenters. The average molecular weight is 239 g/mol. The Labute approximate surface area is 106 Å². The summed E-state index contributed by atoms with van der Waals surface area (Å²) >= 11 is 0. The molecular formula is C15H29NO. The highest BCUT2D eigenvalue weighted by atomic mass is 16.3. The molecule has 1 N–H and O–H groups in total. The fourth-order valence-electron chi connectivity index (χ4n) is 3.48. The van der Waals surface area contributed by atoms with Crippen LogP contribution in [0.25, 0.3) is 0 Å². The lowest BCUT2D eigenvalue weighted by molar-refractivity contribution is -0.00693. The number of likely N-dealkylation sites (N-methyl/N-ethyl adjacent to an activating group) is 1. The van der Waals surface area contributed by atoms with Crippen LogP contribution in [0.4, 0.5) is 0 Å². The van der Waals surface area contributed by atoms with Crippen molar-refractivity contribution in [3.63, 3.8) is 0 Å². The van der Waals surface area contributed by atoms with E-state index >= 15 is 0 Å². The van der Waals surface area contributed by atoms with Gasteiger partial charge in [-0.1, -0.05) is 26.7 Å². The molecule has 2 rings (SSSR count). The third-order valence-corrected chi connectivity index (χ3v) is 5.06. The van der Waals surface area contributed by atoms with Gasteiger partial charge >= 0.3 is 0 Å². The van der Waals surface area contributed by atoms with Crippen molar-refractivity contribution in [1.29, 1.82) is 0 Å². The van der Waals surface area contributed by atoms with E-state index in [0.717, 1.165) is 24.8 Å². The van der Waals surface area contributed by atoms with Crippen LogP contribution in [0.2, 0.25) is 0 Å². The summed E-state index contributed by atoms with van der Waals surface area (Å²) < 4.78 is 0. The van der Waals surface area contributed by atoms with Crippen LogP contribution in [0.1, 0.15) is 58.8 Å². The molecule has 3 unspecified atom stereocenters. The molecule has 100 valence electrons. The van der Waals surface area contributed by atoms with E-state index in [9.17, 15) is 5.11 Å². The molecular weight excluding hydrogens is 210 g/mol. The number of aliphatic hydroxyl groups excluding tert-OH is 1. The normalized spacial score (nSPS) is 34.9. The topological polar surface area (TPSA) is 23.5 Å². The lowest BCUT2D eigenvalue weighted by Gasteiger charge is -2.42. The summed E-state index contributed by atoms with van der Waals surface area (Å²) in [6.07, 6.45) is 8.93. The quantitative estimate of drug-likeness (QED) is 0.797. The van der Waals surface area contributed by atoms with Crippen molar-refractivity contribution in [1.82, 2.24) is 4.90 Å². The van der Waals surface area contributed by atoms with Crippen LogP contribution in [-0.2, 0) is 0 Å².